The van der Waals surface area contributed by atoms with Crippen LogP contribution >= 0.6 is 23.2 Å². The van der Waals surface area contributed by atoms with Crippen molar-refractivity contribution in [1.29, 1.82) is 0 Å². The van der Waals surface area contributed by atoms with Crippen LogP contribution in [-0.4, -0.2) is 29.8 Å². The number of nitrogens with zero attached hydrogens (tertiary/aromatic N) is 2. The molecule has 2 unspecified atom stereocenters. The number of carbonyl (C=O) groups is 1. The molecule has 0 spiro atoms. The van der Waals surface area contributed by atoms with Crippen LogP contribution in [0, 0.1) is 19.7 Å². The number of nitrogens with one attached hydrogen (secondary N) is 1. The van der Waals surface area contributed by atoms with Gasteiger partial charge < -0.3 is 20.9 Å². The van der Waals surface area contributed by atoms with E-state index in [9.17, 15) is 9.18 Å². The van der Waals surface area contributed by atoms with Gasteiger partial charge in [-0.05, 0) is 66.4 Å². The van der Waals surface area contributed by atoms with E-state index in [0.29, 0.717) is 15.6 Å². The summed E-state index contributed by atoms with van der Waals surface area (Å²) in [6.07, 6.45) is 0.845. The Morgan fingerprint density at radius 1 is 1.00 bits per heavy atom. The fraction of sp³-hybridized carbons (Fsp3) is 0.355. The molecule has 1 aliphatic rings. The molecule has 41 heavy (non-hydrogen) atoms. The maximum absolute atomic E-state index is 12.6. The SMILES string of the molecule is CC.CCC.Cc1ccc(C)c(F)c1.N/N=C(/CN1C(=O)COC(c2ccc(Cl)cc2)C1c1ccc(Cl)cc1)NN. The van der Waals surface area contributed by atoms with Crippen molar-refractivity contribution in [2.45, 2.75) is 60.1 Å². The molecule has 0 saturated carbocycles. The van der Waals surface area contributed by atoms with Crippen LogP contribution in [0.4, 0.5) is 4.39 Å². The third-order valence-electron chi connectivity index (χ3n) is 5.71. The van der Waals surface area contributed by atoms with E-state index >= 15 is 0 Å². The summed E-state index contributed by atoms with van der Waals surface area (Å²) in [6.45, 7) is 11.9. The zero-order valence-electron chi connectivity index (χ0n) is 24.6. The first-order chi connectivity index (χ1) is 19.6. The molecule has 3 aromatic rings. The van der Waals surface area contributed by atoms with E-state index in [1.807, 2.05) is 51.1 Å². The molecule has 10 heteroatoms. The molecule has 0 bridgehead atoms. The molecule has 1 aliphatic heterocycles. The molecule has 1 heterocycles. The number of aryl methyl sites for hydroxylation is 2. The first-order valence-electron chi connectivity index (χ1n) is 13.5. The lowest BCUT2D eigenvalue weighted by atomic mass is 9.92. The summed E-state index contributed by atoms with van der Waals surface area (Å²) in [7, 11) is 0. The monoisotopic (exact) mass is 605 g/mol. The Labute approximate surface area is 253 Å². The number of amidine groups is 1. The summed E-state index contributed by atoms with van der Waals surface area (Å²) in [5, 5.41) is 4.82. The van der Waals surface area contributed by atoms with Crippen LogP contribution in [0.5, 0.6) is 0 Å². The van der Waals surface area contributed by atoms with Crippen LogP contribution in [0.25, 0.3) is 0 Å². The van der Waals surface area contributed by atoms with Gasteiger partial charge in [0.25, 0.3) is 0 Å². The molecule has 7 nitrogen and oxygen atoms in total. The topological polar surface area (TPSA) is 106 Å². The third-order valence-corrected chi connectivity index (χ3v) is 6.21. The average Bonchev–Trinajstić information content (AvgIpc) is 2.97. The van der Waals surface area contributed by atoms with Gasteiger partial charge >= 0.3 is 0 Å². The Morgan fingerprint density at radius 2 is 1.51 bits per heavy atom. The van der Waals surface area contributed by atoms with Crippen molar-refractivity contribution in [3.63, 3.8) is 0 Å². The molecule has 1 fully saturated rings. The molecule has 0 radical (unpaired) electrons. The van der Waals surface area contributed by atoms with Gasteiger partial charge in [0.15, 0.2) is 5.84 Å². The highest BCUT2D eigenvalue weighted by Crippen LogP contribution is 2.40. The molecule has 4 rings (SSSR count). The Hall–Kier alpha value is -3.17. The van der Waals surface area contributed by atoms with Gasteiger partial charge in [-0.15, -0.1) is 0 Å². The van der Waals surface area contributed by atoms with Crippen molar-refractivity contribution in [2.75, 3.05) is 13.2 Å². The first kappa shape index (κ1) is 35.9. The second kappa shape index (κ2) is 19.0. The zero-order chi connectivity index (χ0) is 30.9. The molecule has 3 aromatic carbocycles. The lowest BCUT2D eigenvalue weighted by Crippen LogP contribution is -2.50. The number of amides is 1. The highest BCUT2D eigenvalue weighted by molar-refractivity contribution is 6.30. The molecular formula is C31H42Cl2FN5O2. The number of halogens is 3. The summed E-state index contributed by atoms with van der Waals surface area (Å²) < 4.78 is 18.5. The molecule has 1 saturated heterocycles. The average molecular weight is 607 g/mol. The Kier molecular flexibility index (Phi) is 16.7. The van der Waals surface area contributed by atoms with Crippen molar-refractivity contribution < 1.29 is 13.9 Å². The molecule has 2 atom stereocenters. The van der Waals surface area contributed by atoms with Crippen LogP contribution in [0.3, 0.4) is 0 Å². The largest absolute Gasteiger partial charge is 0.361 e. The Bertz CT molecular complexity index is 1220. The summed E-state index contributed by atoms with van der Waals surface area (Å²) in [5.41, 5.74) is 5.85. The van der Waals surface area contributed by atoms with Crippen molar-refractivity contribution >= 4 is 34.9 Å². The second-order valence-electron chi connectivity index (χ2n) is 8.98. The van der Waals surface area contributed by atoms with E-state index in [4.69, 9.17) is 39.6 Å². The van der Waals surface area contributed by atoms with Crippen molar-refractivity contribution in [3.8, 4) is 0 Å². The lowest BCUT2D eigenvalue weighted by Gasteiger charge is -2.41. The summed E-state index contributed by atoms with van der Waals surface area (Å²) in [5.74, 6) is 10.8. The van der Waals surface area contributed by atoms with Crippen LogP contribution in [0.1, 0.15) is 68.5 Å². The maximum atomic E-state index is 12.6. The van der Waals surface area contributed by atoms with Crippen LogP contribution < -0.4 is 17.1 Å². The number of ether oxygens (including phenoxy) is 1. The van der Waals surface area contributed by atoms with Gasteiger partial charge in [-0.2, -0.15) is 5.10 Å². The number of hydrazine groups is 1. The van der Waals surface area contributed by atoms with Crippen LogP contribution in [-0.2, 0) is 9.53 Å². The van der Waals surface area contributed by atoms with Gasteiger partial charge in [-0.25, -0.2) is 10.2 Å². The predicted octanol–water partition coefficient (Wildman–Crippen LogP) is 7.26. The van der Waals surface area contributed by atoms with E-state index < -0.39 is 12.1 Å². The van der Waals surface area contributed by atoms with E-state index in [-0.39, 0.29) is 30.7 Å². The minimum absolute atomic E-state index is 0.0696. The van der Waals surface area contributed by atoms with Gasteiger partial charge in [-0.1, -0.05) is 93.7 Å². The zero-order valence-corrected chi connectivity index (χ0v) is 26.1. The third kappa shape index (κ3) is 11.3. The number of hydrogen-bond donors (Lipinski definition) is 3. The predicted molar refractivity (Wildman–Crippen MR) is 168 cm³/mol. The summed E-state index contributed by atoms with van der Waals surface area (Å²) in [4.78, 5) is 14.3. The van der Waals surface area contributed by atoms with Crippen molar-refractivity contribution in [1.82, 2.24) is 10.3 Å². The number of carbonyl (C=O) groups excluding carboxylic acids is 1. The fourth-order valence-corrected chi connectivity index (χ4v) is 4.02. The minimum Gasteiger partial charge on any atom is -0.361 e. The normalized spacial score (nSPS) is 16.3. The van der Waals surface area contributed by atoms with E-state index in [2.05, 4.69) is 24.4 Å². The smallest absolute Gasteiger partial charge is 0.249 e. The highest BCUT2D eigenvalue weighted by atomic mass is 35.5. The number of morpholine rings is 1. The number of nitrogens with two attached hydrogens (primary N) is 2. The Morgan fingerprint density at radius 3 is 1.95 bits per heavy atom. The molecule has 1 amide bonds. The van der Waals surface area contributed by atoms with Gasteiger partial charge in [0, 0.05) is 10.0 Å². The van der Waals surface area contributed by atoms with E-state index in [1.54, 1.807) is 42.2 Å². The molecule has 0 aliphatic carbocycles. The molecule has 5 N–H and O–H groups in total. The lowest BCUT2D eigenvalue weighted by molar-refractivity contribution is -0.157. The molecule has 0 aromatic heterocycles. The summed E-state index contributed by atoms with van der Waals surface area (Å²) in [6, 6.07) is 19.4. The fourth-order valence-electron chi connectivity index (χ4n) is 3.77. The van der Waals surface area contributed by atoms with Gasteiger partial charge in [0.05, 0.1) is 12.6 Å². The van der Waals surface area contributed by atoms with Crippen molar-refractivity contribution in [2.24, 2.45) is 16.8 Å². The molecular weight excluding hydrogens is 564 g/mol. The van der Waals surface area contributed by atoms with Crippen LogP contribution in [0.2, 0.25) is 10.0 Å². The minimum atomic E-state index is -0.421. The van der Waals surface area contributed by atoms with E-state index in [1.165, 1.54) is 12.5 Å². The first-order valence-corrected chi connectivity index (χ1v) is 14.3. The quantitative estimate of drug-likeness (QED) is 0.126. The van der Waals surface area contributed by atoms with Gasteiger partial charge in [0.1, 0.15) is 18.5 Å². The molecule has 224 valence electrons. The summed E-state index contributed by atoms with van der Waals surface area (Å²) >= 11 is 12.0. The van der Waals surface area contributed by atoms with Crippen LogP contribution in [0.15, 0.2) is 71.8 Å². The standard InChI is InChI=1S/C18H19Cl2N5O2.C8H9F.C3H8.C2H6/c19-13-5-1-11(2-6-13)17-18(12-3-7-14(20)8-4-12)27-10-16(26)25(17)9-15(23-21)24-22;1-6-3-4-7(2)8(9)5-6;1-3-2;1-2/h1-8,17-18H,9-10,21-22H2,(H,23,24);3-5H,1-2H3;3H2,1-2H3;1-2H3. The Balaban J connectivity index is 0.000000498. The van der Waals surface area contributed by atoms with Gasteiger partial charge in [-0.3, -0.25) is 4.79 Å². The number of benzene rings is 3. The number of hydrazone groups is 1. The maximum Gasteiger partial charge on any atom is 0.249 e. The van der Waals surface area contributed by atoms with Crippen molar-refractivity contribution in [3.05, 3.63) is 105 Å². The highest BCUT2D eigenvalue weighted by Gasteiger charge is 2.39. The number of rotatable bonds is 4. The second-order valence-corrected chi connectivity index (χ2v) is 9.85. The van der Waals surface area contributed by atoms with Gasteiger partial charge in [0.2, 0.25) is 5.91 Å². The number of hydrogen-bond acceptors (Lipinski definition) is 5. The van der Waals surface area contributed by atoms with E-state index in [0.717, 1.165) is 16.7 Å².